The lowest BCUT2D eigenvalue weighted by atomic mass is 9.97. The number of morpholine rings is 1. The molecule has 3 fully saturated rings. The number of thioether (sulfide) groups is 1. The highest BCUT2D eigenvalue weighted by molar-refractivity contribution is 7.98. The number of benzene rings is 1. The van der Waals surface area contributed by atoms with E-state index in [-0.39, 0.29) is 5.91 Å². The number of hydrogen-bond donors (Lipinski definition) is 0. The van der Waals surface area contributed by atoms with Crippen molar-refractivity contribution in [1.82, 2.24) is 19.6 Å². The molecule has 0 N–H and O–H groups in total. The molecule has 2 aromatic rings. The Morgan fingerprint density at radius 1 is 1.03 bits per heavy atom. The molecule has 182 valence electrons. The number of aromatic nitrogens is 2. The molecule has 5 heterocycles. The first-order chi connectivity index (χ1) is 16.8. The van der Waals surface area contributed by atoms with Crippen LogP contribution in [0.5, 0.6) is 0 Å². The maximum absolute atomic E-state index is 13.6. The molecule has 0 radical (unpaired) electrons. The number of amides is 1. The van der Waals surface area contributed by atoms with E-state index in [9.17, 15) is 4.79 Å². The van der Waals surface area contributed by atoms with Gasteiger partial charge in [-0.3, -0.25) is 9.48 Å². The molecule has 0 saturated carbocycles. The second-order valence-electron chi connectivity index (χ2n) is 9.92. The maximum Gasteiger partial charge on any atom is 0.274 e. The SMILES string of the molecule is O=C(c1nn(C2CCCN(CC3CCOCC3)C2)c2c1CSc1ccccc1-2)N1CCOCC1. The molecule has 4 aliphatic rings. The predicted octanol–water partition coefficient (Wildman–Crippen LogP) is 3.69. The van der Waals surface area contributed by atoms with E-state index in [0.717, 1.165) is 56.5 Å². The van der Waals surface area contributed by atoms with Crippen molar-refractivity contribution in [2.24, 2.45) is 5.92 Å². The number of rotatable bonds is 4. The van der Waals surface area contributed by atoms with E-state index in [1.807, 2.05) is 16.7 Å². The third kappa shape index (κ3) is 4.41. The Morgan fingerprint density at radius 3 is 2.68 bits per heavy atom. The molecule has 8 heteroatoms. The van der Waals surface area contributed by atoms with Crippen molar-refractivity contribution in [2.45, 2.75) is 42.4 Å². The molecular formula is C26H34N4O3S. The van der Waals surface area contributed by atoms with Gasteiger partial charge in [-0.15, -0.1) is 11.8 Å². The van der Waals surface area contributed by atoms with E-state index in [1.54, 1.807) is 0 Å². The number of piperidine rings is 1. The minimum atomic E-state index is 0.0631. The Morgan fingerprint density at radius 2 is 1.82 bits per heavy atom. The molecule has 0 spiro atoms. The van der Waals surface area contributed by atoms with Crippen molar-refractivity contribution in [1.29, 1.82) is 0 Å². The fraction of sp³-hybridized carbons (Fsp3) is 0.615. The Kier molecular flexibility index (Phi) is 6.65. The van der Waals surface area contributed by atoms with Crippen LogP contribution in [0.1, 0.15) is 47.8 Å². The number of fused-ring (bicyclic) bond motifs is 3. The van der Waals surface area contributed by atoms with Crippen LogP contribution in [-0.4, -0.2) is 84.6 Å². The minimum absolute atomic E-state index is 0.0631. The van der Waals surface area contributed by atoms with E-state index in [4.69, 9.17) is 14.6 Å². The predicted molar refractivity (Wildman–Crippen MR) is 132 cm³/mol. The van der Waals surface area contributed by atoms with Crippen molar-refractivity contribution in [3.05, 3.63) is 35.5 Å². The van der Waals surface area contributed by atoms with Crippen molar-refractivity contribution in [3.63, 3.8) is 0 Å². The normalized spacial score (nSPS) is 24.0. The van der Waals surface area contributed by atoms with Gasteiger partial charge < -0.3 is 19.3 Å². The van der Waals surface area contributed by atoms with Gasteiger partial charge in [0.15, 0.2) is 5.69 Å². The summed E-state index contributed by atoms with van der Waals surface area (Å²) in [5.74, 6) is 1.60. The molecule has 1 aromatic heterocycles. The van der Waals surface area contributed by atoms with E-state index in [0.29, 0.717) is 38.0 Å². The van der Waals surface area contributed by atoms with Crippen LogP contribution >= 0.6 is 11.8 Å². The Bertz CT molecular complexity index is 1030. The molecule has 6 rings (SSSR count). The first-order valence-electron chi connectivity index (χ1n) is 12.8. The summed E-state index contributed by atoms with van der Waals surface area (Å²) in [5, 5.41) is 5.10. The first-order valence-corrected chi connectivity index (χ1v) is 13.8. The quantitative estimate of drug-likeness (QED) is 0.663. The third-order valence-electron chi connectivity index (χ3n) is 7.71. The topological polar surface area (TPSA) is 59.8 Å². The van der Waals surface area contributed by atoms with Crippen LogP contribution in [0.3, 0.4) is 0 Å². The van der Waals surface area contributed by atoms with E-state index >= 15 is 0 Å². The maximum atomic E-state index is 13.6. The highest BCUT2D eigenvalue weighted by Gasteiger charge is 2.35. The smallest absolute Gasteiger partial charge is 0.274 e. The Hall–Kier alpha value is -1.87. The van der Waals surface area contributed by atoms with Crippen molar-refractivity contribution < 1.29 is 14.3 Å². The van der Waals surface area contributed by atoms with Gasteiger partial charge in [0.1, 0.15) is 0 Å². The lowest BCUT2D eigenvalue weighted by molar-refractivity contribution is 0.0297. The number of carbonyl (C=O) groups is 1. The lowest BCUT2D eigenvalue weighted by Crippen LogP contribution is -2.41. The van der Waals surface area contributed by atoms with Gasteiger partial charge in [0.05, 0.1) is 24.9 Å². The summed E-state index contributed by atoms with van der Waals surface area (Å²) in [6, 6.07) is 8.90. The number of carbonyl (C=O) groups excluding carboxylic acids is 1. The summed E-state index contributed by atoms with van der Waals surface area (Å²) in [7, 11) is 0. The van der Waals surface area contributed by atoms with Gasteiger partial charge in [-0.2, -0.15) is 5.10 Å². The minimum Gasteiger partial charge on any atom is -0.381 e. The highest BCUT2D eigenvalue weighted by atomic mass is 32.2. The number of hydrogen-bond acceptors (Lipinski definition) is 6. The van der Waals surface area contributed by atoms with Gasteiger partial charge in [-0.25, -0.2) is 0 Å². The summed E-state index contributed by atoms with van der Waals surface area (Å²) < 4.78 is 13.3. The van der Waals surface area contributed by atoms with Crippen LogP contribution in [0.15, 0.2) is 29.2 Å². The van der Waals surface area contributed by atoms with Crippen LogP contribution in [0.2, 0.25) is 0 Å². The number of likely N-dealkylation sites (tertiary alicyclic amines) is 1. The fourth-order valence-corrected chi connectivity index (χ4v) is 6.94. The average molecular weight is 483 g/mol. The molecule has 0 bridgehead atoms. The molecule has 7 nitrogen and oxygen atoms in total. The van der Waals surface area contributed by atoms with Crippen molar-refractivity contribution in [2.75, 3.05) is 59.2 Å². The first kappa shape index (κ1) is 22.6. The molecule has 1 amide bonds. The summed E-state index contributed by atoms with van der Waals surface area (Å²) in [5.41, 5.74) is 4.16. The molecule has 0 aliphatic carbocycles. The van der Waals surface area contributed by atoms with Crippen molar-refractivity contribution >= 4 is 17.7 Å². The summed E-state index contributed by atoms with van der Waals surface area (Å²) >= 11 is 1.82. The van der Waals surface area contributed by atoms with E-state index in [1.165, 1.54) is 35.4 Å². The average Bonchev–Trinajstić information content (AvgIpc) is 3.30. The monoisotopic (exact) mass is 482 g/mol. The molecule has 1 aromatic carbocycles. The van der Waals surface area contributed by atoms with Gasteiger partial charge in [-0.1, -0.05) is 18.2 Å². The van der Waals surface area contributed by atoms with E-state index < -0.39 is 0 Å². The summed E-state index contributed by atoms with van der Waals surface area (Å²) in [6.07, 6.45) is 4.62. The second kappa shape index (κ2) is 10.0. The van der Waals surface area contributed by atoms with Gasteiger partial charge in [0.2, 0.25) is 0 Å². The van der Waals surface area contributed by atoms with Crippen LogP contribution in [-0.2, 0) is 15.2 Å². The number of ether oxygens (including phenoxy) is 2. The van der Waals surface area contributed by atoms with Crippen LogP contribution < -0.4 is 0 Å². The largest absolute Gasteiger partial charge is 0.381 e. The molecule has 34 heavy (non-hydrogen) atoms. The van der Waals surface area contributed by atoms with Crippen LogP contribution in [0, 0.1) is 5.92 Å². The zero-order valence-corrected chi connectivity index (χ0v) is 20.6. The van der Waals surface area contributed by atoms with Crippen LogP contribution in [0.4, 0.5) is 0 Å². The van der Waals surface area contributed by atoms with Gasteiger partial charge >= 0.3 is 0 Å². The number of nitrogens with zero attached hydrogens (tertiary/aromatic N) is 4. The zero-order chi connectivity index (χ0) is 22.9. The standard InChI is InChI=1S/C26H34N4O3S/c31-26(29-10-14-33-15-11-29)24-22-18-34-23-6-2-1-5-21(23)25(22)30(27-24)20-4-3-9-28(17-20)16-19-7-12-32-13-8-19/h1-2,5-6,19-20H,3-4,7-18H2. The third-order valence-corrected chi connectivity index (χ3v) is 8.81. The van der Waals surface area contributed by atoms with E-state index in [2.05, 4.69) is 33.8 Å². The molecular weight excluding hydrogens is 448 g/mol. The molecule has 3 saturated heterocycles. The lowest BCUT2D eigenvalue weighted by Gasteiger charge is -2.36. The summed E-state index contributed by atoms with van der Waals surface area (Å²) in [4.78, 5) is 19.4. The molecule has 1 unspecified atom stereocenters. The van der Waals surface area contributed by atoms with Gasteiger partial charge in [0, 0.05) is 61.2 Å². The summed E-state index contributed by atoms with van der Waals surface area (Å²) in [6.45, 7) is 7.61. The Labute approximate surface area is 205 Å². The van der Waals surface area contributed by atoms with Gasteiger partial charge in [0.25, 0.3) is 5.91 Å². The van der Waals surface area contributed by atoms with Crippen molar-refractivity contribution in [3.8, 4) is 11.3 Å². The molecule has 1 atom stereocenters. The zero-order valence-electron chi connectivity index (χ0n) is 19.8. The fourth-order valence-electron chi connectivity index (χ4n) is 5.87. The highest BCUT2D eigenvalue weighted by Crippen LogP contribution is 2.44. The molecule has 4 aliphatic heterocycles. The Balaban J connectivity index is 1.32. The van der Waals surface area contributed by atoms with Crippen LogP contribution in [0.25, 0.3) is 11.3 Å². The van der Waals surface area contributed by atoms with Gasteiger partial charge in [-0.05, 0) is 44.2 Å². The second-order valence-corrected chi connectivity index (χ2v) is 10.9.